The molecule has 0 spiro atoms. The van der Waals surface area contributed by atoms with E-state index in [0.29, 0.717) is 36.5 Å². The topological polar surface area (TPSA) is 36.9 Å². The smallest absolute Gasteiger partial charge is 0.139 e. The Bertz CT molecular complexity index is 1540. The van der Waals surface area contributed by atoms with Crippen LogP contribution in [0.2, 0.25) is 10.0 Å². The van der Waals surface area contributed by atoms with E-state index < -0.39 is 0 Å². The molecule has 0 saturated heterocycles. The molecule has 0 fully saturated rings. The van der Waals surface area contributed by atoms with E-state index >= 15 is 0 Å². The molecule has 0 bridgehead atoms. The average molecular weight is 984 g/mol. The first-order valence-corrected chi connectivity index (χ1v) is 30.2. The highest BCUT2D eigenvalue weighted by molar-refractivity contribution is 6.43. The fourth-order valence-corrected chi connectivity index (χ4v) is 10.1. The summed E-state index contributed by atoms with van der Waals surface area (Å²) in [5.41, 5.74) is 0. The largest absolute Gasteiger partial charge is 0.493 e. The van der Waals surface area contributed by atoms with Crippen LogP contribution >= 0.6 is 23.2 Å². The Balaban J connectivity index is 1.88. The predicted molar refractivity (Wildman–Crippen MR) is 301 cm³/mol. The van der Waals surface area contributed by atoms with Gasteiger partial charge in [0, 0.05) is 10.8 Å². The van der Waals surface area contributed by atoms with E-state index in [-0.39, 0.29) is 0 Å². The molecule has 68 heavy (non-hydrogen) atoms. The molecule has 0 heterocycles. The van der Waals surface area contributed by atoms with Crippen LogP contribution in [0.1, 0.15) is 285 Å². The molecule has 6 heteroatoms. The zero-order chi connectivity index (χ0) is 48.5. The van der Waals surface area contributed by atoms with Crippen LogP contribution in [0.5, 0.6) is 23.0 Å². The van der Waals surface area contributed by atoms with E-state index in [0.717, 1.165) is 83.1 Å². The predicted octanol–water partition coefficient (Wildman–Crippen LogP) is 22.5. The van der Waals surface area contributed by atoms with Crippen molar-refractivity contribution in [3.8, 4) is 23.0 Å². The number of ether oxygens (including phenoxy) is 4. The zero-order valence-corrected chi connectivity index (χ0v) is 46.3. The van der Waals surface area contributed by atoms with Crippen molar-refractivity contribution in [3.05, 3.63) is 34.3 Å². The van der Waals surface area contributed by atoms with Crippen molar-refractivity contribution in [2.45, 2.75) is 285 Å². The second-order valence-electron chi connectivity index (χ2n) is 20.4. The first kappa shape index (κ1) is 60.3. The second-order valence-corrected chi connectivity index (χ2v) is 21.2. The fraction of sp³-hybridized carbons (Fsp3) is 0.774. The van der Waals surface area contributed by atoms with Gasteiger partial charge in [-0.3, -0.25) is 0 Å². The maximum absolute atomic E-state index is 6.99. The third kappa shape index (κ3) is 25.9. The van der Waals surface area contributed by atoms with Gasteiger partial charge in [-0.1, -0.05) is 282 Å². The van der Waals surface area contributed by atoms with Crippen molar-refractivity contribution in [2.24, 2.45) is 0 Å². The van der Waals surface area contributed by atoms with Crippen LogP contribution in [-0.4, -0.2) is 26.4 Å². The molecule has 3 rings (SSSR count). The van der Waals surface area contributed by atoms with Gasteiger partial charge in [-0.15, -0.1) is 0 Å². The summed E-state index contributed by atoms with van der Waals surface area (Å²) >= 11 is 13.8. The average Bonchev–Trinajstić information content (AvgIpc) is 3.34. The minimum atomic E-state index is 0.518. The first-order valence-electron chi connectivity index (χ1n) is 29.5. The summed E-state index contributed by atoms with van der Waals surface area (Å²) in [6, 6.07) is 8.22. The van der Waals surface area contributed by atoms with Crippen molar-refractivity contribution in [1.82, 2.24) is 0 Å². The minimum Gasteiger partial charge on any atom is -0.493 e. The number of hydrogen-bond donors (Lipinski definition) is 0. The summed E-state index contributed by atoms with van der Waals surface area (Å²) in [7, 11) is 0. The lowest BCUT2D eigenvalue weighted by molar-refractivity contribution is 0.290. The van der Waals surface area contributed by atoms with Gasteiger partial charge in [0.15, 0.2) is 0 Å². The molecule has 0 N–H and O–H groups in total. The molecule has 0 saturated carbocycles. The molecule has 0 aliphatic rings. The standard InChI is InChI=1S/C62H104Cl2O4/c1-5-9-13-17-21-25-29-33-37-41-47-65-57-45-46-58(66-48-42-38-34-30-26-22-18-14-10-6-2)60-59(57)61(67-49-43-39-35-31-27-23-19-15-11-7-3)53-51-55(63)56(64)52-54(53)62(60)68-50-44-40-36-32-28-24-20-16-12-8-4/h45-46,51-52H,5-44,47-50H2,1-4H3. The van der Waals surface area contributed by atoms with Crippen molar-refractivity contribution >= 4 is 44.7 Å². The Labute approximate surface area is 429 Å². The Kier molecular flexibility index (Phi) is 36.8. The van der Waals surface area contributed by atoms with Gasteiger partial charge in [-0.05, 0) is 49.9 Å². The van der Waals surface area contributed by atoms with E-state index in [4.69, 9.17) is 42.1 Å². The highest BCUT2D eigenvalue weighted by Crippen LogP contribution is 2.52. The molecule has 0 unspecified atom stereocenters. The molecule has 3 aromatic carbocycles. The first-order chi connectivity index (χ1) is 33.6. The number of benzene rings is 3. The molecular formula is C62H104Cl2O4. The normalized spacial score (nSPS) is 11.6. The van der Waals surface area contributed by atoms with Crippen molar-refractivity contribution in [1.29, 1.82) is 0 Å². The van der Waals surface area contributed by atoms with Gasteiger partial charge in [0.2, 0.25) is 0 Å². The Morgan fingerprint density at radius 1 is 0.279 bits per heavy atom. The molecule has 0 aliphatic heterocycles. The monoisotopic (exact) mass is 983 g/mol. The van der Waals surface area contributed by atoms with Crippen molar-refractivity contribution in [3.63, 3.8) is 0 Å². The summed E-state index contributed by atoms with van der Waals surface area (Å²) in [5, 5.41) is 4.76. The number of rotatable bonds is 48. The molecule has 0 aliphatic carbocycles. The molecule has 0 atom stereocenters. The van der Waals surface area contributed by atoms with E-state index in [1.165, 1.54) is 218 Å². The van der Waals surface area contributed by atoms with Crippen LogP contribution in [0, 0.1) is 0 Å². The lowest BCUT2D eigenvalue weighted by Crippen LogP contribution is -2.06. The van der Waals surface area contributed by atoms with Gasteiger partial charge in [0.1, 0.15) is 23.0 Å². The minimum absolute atomic E-state index is 0.518. The molecule has 390 valence electrons. The Morgan fingerprint density at radius 2 is 0.485 bits per heavy atom. The quantitative estimate of drug-likeness (QED) is 0.0417. The van der Waals surface area contributed by atoms with Crippen LogP contribution in [0.15, 0.2) is 24.3 Å². The summed E-state index contributed by atoms with van der Waals surface area (Å²) in [6.07, 6.45) is 51.5. The van der Waals surface area contributed by atoms with Crippen LogP contribution < -0.4 is 18.9 Å². The SMILES string of the molecule is CCCCCCCCCCCCOc1ccc(OCCCCCCCCCCCC)c2c(OCCCCCCCCCCCC)c3cc(Cl)c(Cl)cc3c(OCCCCCCCCCCCC)c12. The maximum atomic E-state index is 6.99. The molecule has 0 radical (unpaired) electrons. The van der Waals surface area contributed by atoms with Gasteiger partial charge >= 0.3 is 0 Å². The van der Waals surface area contributed by atoms with Gasteiger partial charge in [0.25, 0.3) is 0 Å². The van der Waals surface area contributed by atoms with Crippen molar-refractivity contribution < 1.29 is 18.9 Å². The maximum Gasteiger partial charge on any atom is 0.139 e. The van der Waals surface area contributed by atoms with Crippen LogP contribution in [-0.2, 0) is 0 Å². The summed E-state index contributed by atoms with van der Waals surface area (Å²) in [5.74, 6) is 3.27. The molecule has 0 amide bonds. The zero-order valence-electron chi connectivity index (χ0n) is 44.8. The Morgan fingerprint density at radius 3 is 0.721 bits per heavy atom. The van der Waals surface area contributed by atoms with E-state index in [9.17, 15) is 0 Å². The summed E-state index contributed by atoms with van der Waals surface area (Å²) < 4.78 is 27.6. The van der Waals surface area contributed by atoms with Crippen LogP contribution in [0.3, 0.4) is 0 Å². The van der Waals surface area contributed by atoms with Gasteiger partial charge in [0.05, 0.1) is 47.2 Å². The van der Waals surface area contributed by atoms with Gasteiger partial charge in [-0.2, -0.15) is 0 Å². The lowest BCUT2D eigenvalue weighted by atomic mass is 9.98. The van der Waals surface area contributed by atoms with Crippen molar-refractivity contribution in [2.75, 3.05) is 26.4 Å². The Hall–Kier alpha value is -2.04. The van der Waals surface area contributed by atoms with E-state index in [2.05, 4.69) is 39.8 Å². The second kappa shape index (κ2) is 41.6. The number of fused-ring (bicyclic) bond motifs is 2. The number of unbranched alkanes of at least 4 members (excludes halogenated alkanes) is 36. The van der Waals surface area contributed by atoms with Crippen LogP contribution in [0.25, 0.3) is 21.5 Å². The lowest BCUT2D eigenvalue weighted by Gasteiger charge is -2.22. The van der Waals surface area contributed by atoms with Crippen LogP contribution in [0.4, 0.5) is 0 Å². The number of halogens is 2. The fourth-order valence-electron chi connectivity index (χ4n) is 9.82. The number of hydrogen-bond acceptors (Lipinski definition) is 4. The van der Waals surface area contributed by atoms with E-state index in [1.54, 1.807) is 0 Å². The molecule has 0 aromatic heterocycles. The summed E-state index contributed by atoms with van der Waals surface area (Å²) in [6.45, 7) is 11.7. The highest BCUT2D eigenvalue weighted by atomic mass is 35.5. The molecule has 4 nitrogen and oxygen atoms in total. The molecule has 3 aromatic rings. The molecular weight excluding hydrogens is 880 g/mol. The highest BCUT2D eigenvalue weighted by Gasteiger charge is 2.25. The van der Waals surface area contributed by atoms with Gasteiger partial charge < -0.3 is 18.9 Å². The van der Waals surface area contributed by atoms with Gasteiger partial charge in [-0.25, -0.2) is 0 Å². The third-order valence-corrected chi connectivity index (χ3v) is 14.9. The summed E-state index contributed by atoms with van der Waals surface area (Å²) in [4.78, 5) is 0. The third-order valence-electron chi connectivity index (χ3n) is 14.1. The van der Waals surface area contributed by atoms with E-state index in [1.807, 2.05) is 12.1 Å².